The standard InChI is InChI=1S/C14H14N4S/c1-11-8-18(9-13-7-15-10-19-13)14(16-11)17-12-5-3-2-4-6-12/h2-8,10H,9H2,1H3,(H,16,17). The van der Waals surface area contributed by atoms with Gasteiger partial charge in [0.25, 0.3) is 0 Å². The van der Waals surface area contributed by atoms with Crippen molar-refractivity contribution >= 4 is 23.0 Å². The fourth-order valence-corrected chi connectivity index (χ4v) is 2.50. The van der Waals surface area contributed by atoms with Gasteiger partial charge in [0.05, 0.1) is 17.7 Å². The van der Waals surface area contributed by atoms with Crippen LogP contribution >= 0.6 is 11.3 Å². The molecule has 0 fully saturated rings. The van der Waals surface area contributed by atoms with Crippen LogP contribution in [-0.4, -0.2) is 14.5 Å². The van der Waals surface area contributed by atoms with Gasteiger partial charge in [-0.25, -0.2) is 4.98 Å². The van der Waals surface area contributed by atoms with Crippen LogP contribution in [0.5, 0.6) is 0 Å². The van der Waals surface area contributed by atoms with Crippen molar-refractivity contribution in [1.29, 1.82) is 0 Å². The van der Waals surface area contributed by atoms with Gasteiger partial charge in [-0.2, -0.15) is 0 Å². The number of anilines is 2. The smallest absolute Gasteiger partial charge is 0.207 e. The van der Waals surface area contributed by atoms with Gasteiger partial charge in [-0.05, 0) is 19.1 Å². The summed E-state index contributed by atoms with van der Waals surface area (Å²) in [6.07, 6.45) is 3.94. The van der Waals surface area contributed by atoms with Crippen LogP contribution in [0.4, 0.5) is 11.6 Å². The zero-order valence-corrected chi connectivity index (χ0v) is 11.4. The Morgan fingerprint density at radius 3 is 2.84 bits per heavy atom. The average Bonchev–Trinajstić information content (AvgIpc) is 3.02. The first-order valence-corrected chi connectivity index (χ1v) is 6.92. The van der Waals surface area contributed by atoms with E-state index < -0.39 is 0 Å². The lowest BCUT2D eigenvalue weighted by molar-refractivity contribution is 0.818. The summed E-state index contributed by atoms with van der Waals surface area (Å²) in [4.78, 5) is 9.84. The summed E-state index contributed by atoms with van der Waals surface area (Å²) < 4.78 is 2.11. The van der Waals surface area contributed by atoms with Gasteiger partial charge in [0, 0.05) is 23.0 Å². The lowest BCUT2D eigenvalue weighted by atomic mass is 10.3. The van der Waals surface area contributed by atoms with E-state index in [1.165, 1.54) is 4.88 Å². The first kappa shape index (κ1) is 11.9. The van der Waals surface area contributed by atoms with E-state index in [0.717, 1.165) is 23.9 Å². The third-order valence-electron chi connectivity index (χ3n) is 2.74. The molecule has 19 heavy (non-hydrogen) atoms. The minimum Gasteiger partial charge on any atom is -0.326 e. The molecular formula is C14H14N4S. The lowest BCUT2D eigenvalue weighted by Crippen LogP contribution is -2.03. The number of nitrogens with one attached hydrogen (secondary N) is 1. The molecule has 0 aliphatic rings. The maximum absolute atomic E-state index is 4.52. The molecule has 0 aliphatic heterocycles. The highest BCUT2D eigenvalue weighted by Gasteiger charge is 2.07. The quantitative estimate of drug-likeness (QED) is 0.789. The maximum atomic E-state index is 4.52. The Bertz CT molecular complexity index is 643. The third kappa shape index (κ3) is 2.82. The van der Waals surface area contributed by atoms with Crippen molar-refractivity contribution in [2.75, 3.05) is 5.32 Å². The number of hydrogen-bond acceptors (Lipinski definition) is 4. The monoisotopic (exact) mass is 270 g/mol. The molecule has 2 heterocycles. The summed E-state index contributed by atoms with van der Waals surface area (Å²) in [5, 5.41) is 3.34. The van der Waals surface area contributed by atoms with Crippen LogP contribution in [0.3, 0.4) is 0 Å². The Balaban J connectivity index is 1.85. The number of rotatable bonds is 4. The van der Waals surface area contributed by atoms with E-state index in [1.54, 1.807) is 11.3 Å². The highest BCUT2D eigenvalue weighted by molar-refractivity contribution is 7.09. The fourth-order valence-electron chi connectivity index (χ4n) is 1.91. The predicted molar refractivity (Wildman–Crippen MR) is 77.9 cm³/mol. The van der Waals surface area contributed by atoms with Gasteiger partial charge in [0.1, 0.15) is 0 Å². The summed E-state index contributed by atoms with van der Waals surface area (Å²) in [6.45, 7) is 2.79. The van der Waals surface area contributed by atoms with E-state index >= 15 is 0 Å². The SMILES string of the molecule is Cc1cn(Cc2cncs2)c(Nc2ccccc2)n1. The summed E-state index contributed by atoms with van der Waals surface area (Å²) in [5.41, 5.74) is 3.89. The Kier molecular flexibility index (Phi) is 3.29. The lowest BCUT2D eigenvalue weighted by Gasteiger charge is -2.08. The van der Waals surface area contributed by atoms with E-state index in [2.05, 4.69) is 19.9 Å². The molecule has 0 saturated carbocycles. The normalized spacial score (nSPS) is 10.6. The molecular weight excluding hydrogens is 256 g/mol. The van der Waals surface area contributed by atoms with Gasteiger partial charge in [-0.3, -0.25) is 4.98 Å². The Morgan fingerprint density at radius 1 is 1.26 bits per heavy atom. The summed E-state index contributed by atoms with van der Waals surface area (Å²) >= 11 is 1.65. The molecule has 5 heteroatoms. The van der Waals surface area contributed by atoms with Gasteiger partial charge >= 0.3 is 0 Å². The molecule has 0 atom stereocenters. The summed E-state index contributed by atoms with van der Waals surface area (Å²) in [7, 11) is 0. The van der Waals surface area contributed by atoms with E-state index in [4.69, 9.17) is 0 Å². The summed E-state index contributed by atoms with van der Waals surface area (Å²) in [5.74, 6) is 0.858. The number of nitrogens with zero attached hydrogens (tertiary/aromatic N) is 3. The molecule has 1 aromatic carbocycles. The average molecular weight is 270 g/mol. The molecule has 3 aromatic rings. The predicted octanol–water partition coefficient (Wildman–Crippen LogP) is 3.44. The number of aromatic nitrogens is 3. The van der Waals surface area contributed by atoms with Crippen molar-refractivity contribution < 1.29 is 0 Å². The zero-order chi connectivity index (χ0) is 13.1. The summed E-state index contributed by atoms with van der Waals surface area (Å²) in [6, 6.07) is 10.1. The molecule has 3 rings (SSSR count). The molecule has 96 valence electrons. The Labute approximate surface area is 115 Å². The second kappa shape index (κ2) is 5.24. The number of hydrogen-bond donors (Lipinski definition) is 1. The first-order chi connectivity index (χ1) is 9.31. The van der Waals surface area contributed by atoms with Crippen LogP contribution in [0.15, 0.2) is 48.2 Å². The number of para-hydroxylation sites is 1. The second-order valence-electron chi connectivity index (χ2n) is 4.29. The second-order valence-corrected chi connectivity index (χ2v) is 5.26. The third-order valence-corrected chi connectivity index (χ3v) is 3.50. The highest BCUT2D eigenvalue weighted by Crippen LogP contribution is 2.18. The van der Waals surface area contributed by atoms with Crippen molar-refractivity contribution in [2.45, 2.75) is 13.5 Å². The van der Waals surface area contributed by atoms with Crippen LogP contribution in [0.25, 0.3) is 0 Å². The molecule has 1 N–H and O–H groups in total. The van der Waals surface area contributed by atoms with Crippen molar-refractivity contribution in [3.8, 4) is 0 Å². The molecule has 0 spiro atoms. The van der Waals surface area contributed by atoms with Crippen molar-refractivity contribution in [1.82, 2.24) is 14.5 Å². The minimum absolute atomic E-state index is 0.792. The number of thiazole rings is 1. The number of aryl methyl sites for hydroxylation is 1. The van der Waals surface area contributed by atoms with E-state index in [-0.39, 0.29) is 0 Å². The van der Waals surface area contributed by atoms with Crippen molar-refractivity contribution in [2.24, 2.45) is 0 Å². The molecule has 0 unspecified atom stereocenters. The molecule has 0 amide bonds. The van der Waals surface area contributed by atoms with Gasteiger partial charge in [-0.1, -0.05) is 18.2 Å². The highest BCUT2D eigenvalue weighted by atomic mass is 32.1. The van der Waals surface area contributed by atoms with Crippen LogP contribution < -0.4 is 5.32 Å². The van der Waals surface area contributed by atoms with Crippen LogP contribution in [0.1, 0.15) is 10.6 Å². The van der Waals surface area contributed by atoms with E-state index in [0.29, 0.717) is 0 Å². The molecule has 4 nitrogen and oxygen atoms in total. The van der Waals surface area contributed by atoms with Crippen LogP contribution in [0, 0.1) is 6.92 Å². The zero-order valence-electron chi connectivity index (χ0n) is 10.6. The topological polar surface area (TPSA) is 42.7 Å². The van der Waals surface area contributed by atoms with Gasteiger partial charge in [-0.15, -0.1) is 11.3 Å². The number of imidazole rings is 1. The van der Waals surface area contributed by atoms with Gasteiger partial charge < -0.3 is 9.88 Å². The molecule has 0 bridgehead atoms. The molecule has 2 aromatic heterocycles. The molecule has 0 radical (unpaired) electrons. The first-order valence-electron chi connectivity index (χ1n) is 6.04. The molecule has 0 aliphatic carbocycles. The van der Waals surface area contributed by atoms with Crippen LogP contribution in [-0.2, 0) is 6.54 Å². The van der Waals surface area contributed by atoms with Crippen molar-refractivity contribution in [3.63, 3.8) is 0 Å². The van der Waals surface area contributed by atoms with Gasteiger partial charge in [0.2, 0.25) is 5.95 Å². The van der Waals surface area contributed by atoms with E-state index in [1.807, 2.05) is 55.2 Å². The molecule has 0 saturated heterocycles. The van der Waals surface area contributed by atoms with E-state index in [9.17, 15) is 0 Å². The Hall–Kier alpha value is -2.14. The van der Waals surface area contributed by atoms with Crippen molar-refractivity contribution in [3.05, 3.63) is 58.8 Å². The minimum atomic E-state index is 0.792. The van der Waals surface area contributed by atoms with Gasteiger partial charge in [0.15, 0.2) is 0 Å². The fraction of sp³-hybridized carbons (Fsp3) is 0.143. The maximum Gasteiger partial charge on any atom is 0.207 e. The number of benzene rings is 1. The van der Waals surface area contributed by atoms with Crippen LogP contribution in [0.2, 0.25) is 0 Å². The Morgan fingerprint density at radius 2 is 2.11 bits per heavy atom. The largest absolute Gasteiger partial charge is 0.326 e.